The molecule has 1 fully saturated rings. The van der Waals surface area contributed by atoms with Crippen LogP contribution in [0.25, 0.3) is 22.0 Å². The maximum atomic E-state index is 12.9. The summed E-state index contributed by atoms with van der Waals surface area (Å²) in [6, 6.07) is 23.3. The van der Waals surface area contributed by atoms with Crippen LogP contribution in [0.4, 0.5) is 0 Å². The molecule has 1 aliphatic heterocycles. The molecule has 182 valence electrons. The highest BCUT2D eigenvalue weighted by Gasteiger charge is 2.29. The van der Waals surface area contributed by atoms with Crippen molar-refractivity contribution < 1.29 is 18.3 Å². The Hall–Kier alpha value is -3.29. The highest BCUT2D eigenvalue weighted by Crippen LogP contribution is 2.35. The lowest BCUT2D eigenvalue weighted by Gasteiger charge is -2.31. The van der Waals surface area contributed by atoms with Crippen molar-refractivity contribution in [1.82, 2.24) is 9.29 Å². The first-order valence-electron chi connectivity index (χ1n) is 12.1. The van der Waals surface area contributed by atoms with E-state index in [1.807, 2.05) is 18.2 Å². The second kappa shape index (κ2) is 10.1. The minimum absolute atomic E-state index is 0.0727. The summed E-state index contributed by atoms with van der Waals surface area (Å²) >= 11 is 0. The third-order valence-electron chi connectivity index (χ3n) is 6.76. The van der Waals surface area contributed by atoms with Gasteiger partial charge in [-0.2, -0.15) is 0 Å². The number of sulfonamides is 1. The van der Waals surface area contributed by atoms with Gasteiger partial charge >= 0.3 is 0 Å². The molecular formula is C28H30N2O4S. The quantitative estimate of drug-likeness (QED) is 0.319. The number of hydrogen-bond donors (Lipinski definition) is 2. The number of aromatic nitrogens is 1. The summed E-state index contributed by atoms with van der Waals surface area (Å²) < 4.78 is 33.0. The van der Waals surface area contributed by atoms with Crippen LogP contribution < -0.4 is 4.74 Å². The lowest BCUT2D eigenvalue weighted by molar-refractivity contribution is 0.306. The summed E-state index contributed by atoms with van der Waals surface area (Å²) in [5.41, 5.74) is 4.77. The maximum absolute atomic E-state index is 12.9. The average molecular weight is 491 g/mol. The van der Waals surface area contributed by atoms with Crippen LogP contribution >= 0.6 is 0 Å². The van der Waals surface area contributed by atoms with Crippen LogP contribution in [0.5, 0.6) is 11.5 Å². The summed E-state index contributed by atoms with van der Waals surface area (Å²) in [4.78, 5) is 3.40. The number of nitrogens with zero attached hydrogens (tertiary/aromatic N) is 1. The van der Waals surface area contributed by atoms with Gasteiger partial charge < -0.3 is 14.8 Å². The van der Waals surface area contributed by atoms with E-state index >= 15 is 0 Å². The molecule has 3 aromatic carbocycles. The summed E-state index contributed by atoms with van der Waals surface area (Å²) in [7, 11) is -3.32. The Morgan fingerprint density at radius 3 is 2.43 bits per heavy atom. The van der Waals surface area contributed by atoms with Crippen molar-refractivity contribution in [3.05, 3.63) is 84.6 Å². The number of piperidine rings is 1. The number of nitrogens with one attached hydrogen (secondary N) is 1. The molecule has 7 heteroatoms. The van der Waals surface area contributed by atoms with Crippen molar-refractivity contribution in [3.8, 4) is 22.6 Å². The zero-order valence-corrected chi connectivity index (χ0v) is 20.4. The maximum Gasteiger partial charge on any atom is 0.214 e. The van der Waals surface area contributed by atoms with Gasteiger partial charge in [0.1, 0.15) is 11.5 Å². The summed E-state index contributed by atoms with van der Waals surface area (Å²) in [6.45, 7) is 1.40. The van der Waals surface area contributed by atoms with Gasteiger partial charge in [-0.25, -0.2) is 12.7 Å². The first-order valence-corrected chi connectivity index (χ1v) is 13.7. The van der Waals surface area contributed by atoms with Crippen LogP contribution in [-0.4, -0.2) is 48.3 Å². The SMILES string of the molecule is O=S(=O)(CCCOc1ccc(O)cc1)N1CCC(c2c[nH]c3ccc(-c4ccccc4)cc23)CC1. The van der Waals surface area contributed by atoms with E-state index in [1.165, 1.54) is 22.1 Å². The Morgan fingerprint density at radius 1 is 0.943 bits per heavy atom. The van der Waals surface area contributed by atoms with Gasteiger partial charge in [-0.3, -0.25) is 0 Å². The first-order chi connectivity index (χ1) is 17.0. The van der Waals surface area contributed by atoms with E-state index in [1.54, 1.807) is 28.6 Å². The second-order valence-electron chi connectivity index (χ2n) is 9.06. The molecule has 1 saturated heterocycles. The predicted octanol–water partition coefficient (Wildman–Crippen LogP) is 5.52. The molecule has 4 aromatic rings. The Labute approximate surface area is 206 Å². The van der Waals surface area contributed by atoms with E-state index in [2.05, 4.69) is 41.5 Å². The van der Waals surface area contributed by atoms with Crippen LogP contribution in [0, 0.1) is 0 Å². The fraction of sp³-hybridized carbons (Fsp3) is 0.286. The third kappa shape index (κ3) is 5.36. The van der Waals surface area contributed by atoms with Crippen LogP contribution in [0.2, 0.25) is 0 Å². The van der Waals surface area contributed by atoms with Gasteiger partial charge in [0.05, 0.1) is 12.4 Å². The Bertz CT molecular complexity index is 1370. The molecule has 0 atom stereocenters. The minimum Gasteiger partial charge on any atom is -0.508 e. The van der Waals surface area contributed by atoms with Gasteiger partial charge in [0, 0.05) is 30.2 Å². The van der Waals surface area contributed by atoms with Gasteiger partial charge in [-0.05, 0) is 78.3 Å². The predicted molar refractivity (Wildman–Crippen MR) is 139 cm³/mol. The van der Waals surface area contributed by atoms with Gasteiger partial charge in [0.2, 0.25) is 10.0 Å². The van der Waals surface area contributed by atoms with Crippen molar-refractivity contribution in [2.75, 3.05) is 25.4 Å². The zero-order valence-electron chi connectivity index (χ0n) is 19.6. The normalized spacial score (nSPS) is 15.4. The fourth-order valence-electron chi connectivity index (χ4n) is 4.84. The van der Waals surface area contributed by atoms with Crippen LogP contribution in [0.1, 0.15) is 30.7 Å². The molecule has 2 N–H and O–H groups in total. The number of ether oxygens (including phenoxy) is 1. The lowest BCUT2D eigenvalue weighted by atomic mass is 9.89. The van der Waals surface area contributed by atoms with Gasteiger partial charge in [0.15, 0.2) is 0 Å². The highest BCUT2D eigenvalue weighted by molar-refractivity contribution is 7.89. The minimum atomic E-state index is -3.32. The van der Waals surface area contributed by atoms with Gasteiger partial charge in [-0.1, -0.05) is 36.4 Å². The van der Waals surface area contributed by atoms with E-state index in [-0.39, 0.29) is 11.5 Å². The van der Waals surface area contributed by atoms with E-state index in [9.17, 15) is 13.5 Å². The number of phenols is 1. The molecule has 2 heterocycles. The van der Waals surface area contributed by atoms with E-state index in [4.69, 9.17) is 4.74 Å². The number of aromatic amines is 1. The summed E-state index contributed by atoms with van der Waals surface area (Å²) in [5, 5.41) is 10.5. The van der Waals surface area contributed by atoms with Crippen molar-refractivity contribution in [1.29, 1.82) is 0 Å². The Kier molecular flexibility index (Phi) is 6.79. The molecule has 0 spiro atoms. The number of aromatic hydroxyl groups is 1. The van der Waals surface area contributed by atoms with Crippen molar-refractivity contribution in [2.24, 2.45) is 0 Å². The topological polar surface area (TPSA) is 82.6 Å². The Morgan fingerprint density at radius 2 is 1.69 bits per heavy atom. The molecule has 0 aliphatic carbocycles. The lowest BCUT2D eigenvalue weighted by Crippen LogP contribution is -2.39. The van der Waals surface area contributed by atoms with Gasteiger partial charge in [-0.15, -0.1) is 0 Å². The van der Waals surface area contributed by atoms with Crippen molar-refractivity contribution in [3.63, 3.8) is 0 Å². The summed E-state index contributed by atoms with van der Waals surface area (Å²) in [6.07, 6.45) is 4.14. The van der Waals surface area contributed by atoms with Crippen molar-refractivity contribution >= 4 is 20.9 Å². The smallest absolute Gasteiger partial charge is 0.214 e. The average Bonchev–Trinajstić information content (AvgIpc) is 3.32. The largest absolute Gasteiger partial charge is 0.508 e. The van der Waals surface area contributed by atoms with Crippen LogP contribution in [0.3, 0.4) is 0 Å². The van der Waals surface area contributed by atoms with E-state index < -0.39 is 10.0 Å². The molecular weight excluding hydrogens is 460 g/mol. The van der Waals surface area contributed by atoms with E-state index in [0.29, 0.717) is 37.8 Å². The molecule has 35 heavy (non-hydrogen) atoms. The number of hydrogen-bond acceptors (Lipinski definition) is 4. The third-order valence-corrected chi connectivity index (χ3v) is 8.72. The molecule has 6 nitrogen and oxygen atoms in total. The standard InChI is InChI=1S/C28H30N2O4S/c31-24-8-10-25(11-9-24)34-17-4-18-35(32,33)30-15-13-22(14-16-30)27-20-29-28-12-7-23(19-26(27)28)21-5-2-1-3-6-21/h1-3,5-12,19-20,22,29,31H,4,13-18H2. The molecule has 0 radical (unpaired) electrons. The zero-order chi connectivity index (χ0) is 24.3. The second-order valence-corrected chi connectivity index (χ2v) is 11.1. The molecule has 0 unspecified atom stereocenters. The van der Waals surface area contributed by atoms with Crippen LogP contribution in [0.15, 0.2) is 79.0 Å². The molecule has 0 bridgehead atoms. The number of fused-ring (bicyclic) bond motifs is 1. The first kappa shape index (κ1) is 23.5. The fourth-order valence-corrected chi connectivity index (χ4v) is 6.35. The number of phenolic OH excluding ortho intramolecular Hbond substituents is 1. The molecule has 0 amide bonds. The number of rotatable bonds is 8. The molecule has 0 saturated carbocycles. The number of H-pyrrole nitrogens is 1. The number of benzene rings is 3. The Balaban J connectivity index is 1.18. The molecule has 1 aliphatic rings. The van der Waals surface area contributed by atoms with E-state index in [0.717, 1.165) is 18.4 Å². The van der Waals surface area contributed by atoms with Gasteiger partial charge in [0.25, 0.3) is 0 Å². The summed E-state index contributed by atoms with van der Waals surface area (Å²) in [5.74, 6) is 1.20. The van der Waals surface area contributed by atoms with Crippen LogP contribution in [-0.2, 0) is 10.0 Å². The highest BCUT2D eigenvalue weighted by atomic mass is 32.2. The monoisotopic (exact) mass is 490 g/mol. The molecule has 5 rings (SSSR count). The van der Waals surface area contributed by atoms with Crippen molar-refractivity contribution in [2.45, 2.75) is 25.2 Å². The molecule has 1 aromatic heterocycles.